The van der Waals surface area contributed by atoms with E-state index in [1.165, 1.54) is 6.42 Å². The molecule has 29 heavy (non-hydrogen) atoms. The number of rotatable bonds is 7. The van der Waals surface area contributed by atoms with E-state index in [-0.39, 0.29) is 24.0 Å². The van der Waals surface area contributed by atoms with Gasteiger partial charge in [0, 0.05) is 12.7 Å². The largest absolute Gasteiger partial charge is 0.487 e. The number of hydrogen-bond acceptors (Lipinski definition) is 4. The monoisotopic (exact) mass is 508 g/mol. The van der Waals surface area contributed by atoms with E-state index in [4.69, 9.17) is 14.5 Å². The summed E-state index contributed by atoms with van der Waals surface area (Å²) in [6, 6.07) is 14.3. The van der Waals surface area contributed by atoms with Gasteiger partial charge in [0.05, 0.1) is 30.5 Å². The van der Waals surface area contributed by atoms with Gasteiger partial charge in [-0.15, -0.1) is 24.0 Å². The van der Waals surface area contributed by atoms with E-state index in [9.17, 15) is 0 Å². The molecule has 2 aromatic rings. The van der Waals surface area contributed by atoms with E-state index < -0.39 is 0 Å². The summed E-state index contributed by atoms with van der Waals surface area (Å²) in [5.74, 6) is 1.68. The summed E-state index contributed by atoms with van der Waals surface area (Å²) in [6.07, 6.45) is 5.96. The average Bonchev–Trinajstić information content (AvgIpc) is 3.35. The van der Waals surface area contributed by atoms with Gasteiger partial charge >= 0.3 is 0 Å². The van der Waals surface area contributed by atoms with Crippen LogP contribution < -0.4 is 15.4 Å². The molecule has 4 rings (SSSR count). The molecule has 3 heterocycles. The maximum absolute atomic E-state index is 5.94. The smallest absolute Gasteiger partial charge is 0.191 e. The Balaban J connectivity index is 0.00000240. The van der Waals surface area contributed by atoms with E-state index in [0.717, 1.165) is 42.4 Å². The fraction of sp³-hybridized carbons (Fsp3) is 0.455. The second kappa shape index (κ2) is 10.8. The minimum Gasteiger partial charge on any atom is -0.487 e. The Bertz CT molecular complexity index is 802. The first-order valence-corrected chi connectivity index (χ1v) is 10.1. The normalized spacial score (nSPS) is 22.8. The molecule has 1 aromatic carbocycles. The standard InChI is InChI=1S/C22H28N4O2.HI/c1-2-23-22(26-20-13-19-9-10-21(20)28-19)25-14-16-6-5-8-18(12-16)27-15-17-7-3-4-11-24-17;/h3-8,11-12,19-21H,2,9-10,13-15H2,1H3,(H2,23,25,26);1H. The second-order valence-electron chi connectivity index (χ2n) is 7.31. The number of halogens is 1. The Labute approximate surface area is 189 Å². The van der Waals surface area contributed by atoms with E-state index in [1.807, 2.05) is 36.4 Å². The van der Waals surface area contributed by atoms with Crippen molar-refractivity contribution in [3.63, 3.8) is 0 Å². The number of fused-ring (bicyclic) bond motifs is 2. The van der Waals surface area contributed by atoms with Crippen LogP contribution >= 0.6 is 24.0 Å². The Morgan fingerprint density at radius 3 is 2.90 bits per heavy atom. The molecule has 156 valence electrons. The highest BCUT2D eigenvalue weighted by molar-refractivity contribution is 14.0. The maximum atomic E-state index is 5.94. The molecule has 3 atom stereocenters. The zero-order valence-corrected chi connectivity index (χ0v) is 19.0. The van der Waals surface area contributed by atoms with Crippen LogP contribution in [0.1, 0.15) is 37.4 Å². The van der Waals surface area contributed by atoms with Crippen molar-refractivity contribution >= 4 is 29.9 Å². The third kappa shape index (κ3) is 6.05. The fourth-order valence-corrected chi connectivity index (χ4v) is 3.83. The molecule has 2 aliphatic heterocycles. The number of aliphatic imine (C=N–C) groups is 1. The van der Waals surface area contributed by atoms with Crippen LogP contribution in [0, 0.1) is 0 Å². The fourth-order valence-electron chi connectivity index (χ4n) is 3.83. The van der Waals surface area contributed by atoms with Crippen molar-refractivity contribution in [1.29, 1.82) is 0 Å². The van der Waals surface area contributed by atoms with Crippen molar-refractivity contribution in [2.45, 2.75) is 57.6 Å². The third-order valence-corrected chi connectivity index (χ3v) is 5.20. The van der Waals surface area contributed by atoms with Crippen molar-refractivity contribution in [1.82, 2.24) is 15.6 Å². The Hall–Kier alpha value is -1.87. The topological polar surface area (TPSA) is 67.8 Å². The number of pyridine rings is 1. The lowest BCUT2D eigenvalue weighted by Crippen LogP contribution is -2.47. The number of hydrogen-bond donors (Lipinski definition) is 2. The van der Waals surface area contributed by atoms with Gasteiger partial charge in [0.25, 0.3) is 0 Å². The first-order valence-electron chi connectivity index (χ1n) is 10.1. The van der Waals surface area contributed by atoms with E-state index >= 15 is 0 Å². The van der Waals surface area contributed by atoms with Gasteiger partial charge in [0.1, 0.15) is 12.4 Å². The van der Waals surface area contributed by atoms with Crippen molar-refractivity contribution in [2.75, 3.05) is 6.54 Å². The average molecular weight is 508 g/mol. The molecule has 2 aliphatic rings. The van der Waals surface area contributed by atoms with Crippen molar-refractivity contribution in [3.8, 4) is 5.75 Å². The quantitative estimate of drug-likeness (QED) is 0.340. The highest BCUT2D eigenvalue weighted by atomic mass is 127. The lowest BCUT2D eigenvalue weighted by Gasteiger charge is -2.22. The molecule has 0 spiro atoms. The van der Waals surface area contributed by atoms with Crippen LogP contribution in [0.5, 0.6) is 5.75 Å². The molecule has 2 bridgehead atoms. The van der Waals surface area contributed by atoms with Gasteiger partial charge in [-0.05, 0) is 56.0 Å². The molecule has 7 heteroatoms. The number of guanidine groups is 1. The van der Waals surface area contributed by atoms with Crippen LogP contribution in [0.2, 0.25) is 0 Å². The summed E-state index contributed by atoms with van der Waals surface area (Å²) in [6.45, 7) is 3.97. The summed E-state index contributed by atoms with van der Waals surface area (Å²) in [7, 11) is 0. The van der Waals surface area contributed by atoms with E-state index in [2.05, 4.69) is 28.6 Å². The predicted octanol–water partition coefficient (Wildman–Crippen LogP) is 3.65. The molecule has 2 N–H and O–H groups in total. The molecular weight excluding hydrogens is 479 g/mol. The summed E-state index contributed by atoms with van der Waals surface area (Å²) < 4.78 is 11.8. The van der Waals surface area contributed by atoms with Crippen LogP contribution in [-0.2, 0) is 17.9 Å². The van der Waals surface area contributed by atoms with Gasteiger partial charge in [-0.1, -0.05) is 18.2 Å². The van der Waals surface area contributed by atoms with Crippen LogP contribution in [-0.4, -0.2) is 35.7 Å². The molecule has 1 aromatic heterocycles. The number of nitrogens with zero attached hydrogens (tertiary/aromatic N) is 2. The van der Waals surface area contributed by atoms with Crippen LogP contribution in [0.15, 0.2) is 53.7 Å². The molecule has 6 nitrogen and oxygen atoms in total. The summed E-state index contributed by atoms with van der Waals surface area (Å²) in [5, 5.41) is 6.90. The number of nitrogens with one attached hydrogen (secondary N) is 2. The molecule has 3 unspecified atom stereocenters. The maximum Gasteiger partial charge on any atom is 0.191 e. The predicted molar refractivity (Wildman–Crippen MR) is 125 cm³/mol. The van der Waals surface area contributed by atoms with Gasteiger partial charge < -0.3 is 20.1 Å². The van der Waals surface area contributed by atoms with Crippen LogP contribution in [0.25, 0.3) is 0 Å². The number of ether oxygens (including phenoxy) is 2. The van der Waals surface area contributed by atoms with Gasteiger partial charge in [-0.3, -0.25) is 4.98 Å². The van der Waals surface area contributed by atoms with Crippen LogP contribution in [0.3, 0.4) is 0 Å². The highest BCUT2D eigenvalue weighted by Gasteiger charge is 2.41. The number of benzene rings is 1. The van der Waals surface area contributed by atoms with Gasteiger partial charge in [0.2, 0.25) is 0 Å². The van der Waals surface area contributed by atoms with E-state index in [0.29, 0.717) is 31.4 Å². The Morgan fingerprint density at radius 1 is 1.24 bits per heavy atom. The van der Waals surface area contributed by atoms with Gasteiger partial charge in [-0.2, -0.15) is 0 Å². The highest BCUT2D eigenvalue weighted by Crippen LogP contribution is 2.34. The first-order chi connectivity index (χ1) is 13.8. The van der Waals surface area contributed by atoms with Crippen molar-refractivity contribution in [2.24, 2.45) is 4.99 Å². The van der Waals surface area contributed by atoms with Gasteiger partial charge in [-0.25, -0.2) is 4.99 Å². The lowest BCUT2D eigenvalue weighted by molar-refractivity contribution is 0.0992. The van der Waals surface area contributed by atoms with Crippen molar-refractivity contribution in [3.05, 3.63) is 59.9 Å². The minimum atomic E-state index is 0. The van der Waals surface area contributed by atoms with Crippen molar-refractivity contribution < 1.29 is 9.47 Å². The lowest BCUT2D eigenvalue weighted by atomic mass is 9.96. The Kier molecular flexibility index (Phi) is 8.11. The molecular formula is C22H29IN4O2. The molecule has 0 radical (unpaired) electrons. The summed E-state index contributed by atoms with van der Waals surface area (Å²) in [5.41, 5.74) is 2.03. The second-order valence-corrected chi connectivity index (χ2v) is 7.31. The Morgan fingerprint density at radius 2 is 2.17 bits per heavy atom. The molecule has 2 fully saturated rings. The zero-order chi connectivity index (χ0) is 19.2. The van der Waals surface area contributed by atoms with Gasteiger partial charge in [0.15, 0.2) is 5.96 Å². The SMILES string of the molecule is CCNC(=NCc1cccc(OCc2ccccn2)c1)NC1CC2CCC1O2.I. The number of aromatic nitrogens is 1. The third-order valence-electron chi connectivity index (χ3n) is 5.20. The molecule has 0 amide bonds. The van der Waals surface area contributed by atoms with E-state index in [1.54, 1.807) is 6.20 Å². The summed E-state index contributed by atoms with van der Waals surface area (Å²) in [4.78, 5) is 9.05. The first kappa shape index (κ1) is 21.8. The zero-order valence-electron chi connectivity index (χ0n) is 16.7. The molecule has 0 aliphatic carbocycles. The molecule has 2 saturated heterocycles. The van der Waals surface area contributed by atoms with Crippen LogP contribution in [0.4, 0.5) is 0 Å². The summed E-state index contributed by atoms with van der Waals surface area (Å²) >= 11 is 0. The molecule has 0 saturated carbocycles. The minimum absolute atomic E-state index is 0.